The lowest BCUT2D eigenvalue weighted by Gasteiger charge is -2.27. The predicted molar refractivity (Wildman–Crippen MR) is 119 cm³/mol. The van der Waals surface area contributed by atoms with E-state index in [1.165, 1.54) is 24.3 Å². The van der Waals surface area contributed by atoms with Gasteiger partial charge < -0.3 is 10.1 Å². The van der Waals surface area contributed by atoms with E-state index >= 15 is 0 Å². The maximum absolute atomic E-state index is 13.2. The Kier molecular flexibility index (Phi) is 5.37. The van der Waals surface area contributed by atoms with Crippen LogP contribution in [0.1, 0.15) is 71.6 Å². The molecule has 1 amide bonds. The fourth-order valence-corrected chi connectivity index (χ4v) is 4.35. The fourth-order valence-electron chi connectivity index (χ4n) is 4.35. The van der Waals surface area contributed by atoms with Gasteiger partial charge in [0.15, 0.2) is 0 Å². The number of rotatable bonds is 6. The highest BCUT2D eigenvalue weighted by Crippen LogP contribution is 2.46. The van der Waals surface area contributed by atoms with Gasteiger partial charge in [-0.25, -0.2) is 4.39 Å². The molecule has 2 aliphatic rings. The van der Waals surface area contributed by atoms with Crippen molar-refractivity contribution in [2.75, 3.05) is 0 Å². The molecule has 0 spiro atoms. The molecule has 1 aromatic carbocycles. The molecule has 5 rings (SSSR count). The number of pyridine rings is 2. The van der Waals surface area contributed by atoms with E-state index in [2.05, 4.69) is 23.3 Å². The summed E-state index contributed by atoms with van der Waals surface area (Å²) in [6, 6.07) is 11.8. The van der Waals surface area contributed by atoms with E-state index in [1.54, 1.807) is 6.20 Å². The van der Waals surface area contributed by atoms with Gasteiger partial charge in [0, 0.05) is 23.0 Å². The maximum atomic E-state index is 13.2. The third-order valence-electron chi connectivity index (χ3n) is 6.39. The Hall–Kier alpha value is -3.28. The molecule has 32 heavy (non-hydrogen) atoms. The zero-order chi connectivity index (χ0) is 22.1. The summed E-state index contributed by atoms with van der Waals surface area (Å²) < 4.78 is 19.5. The van der Waals surface area contributed by atoms with Crippen molar-refractivity contribution in [3.8, 4) is 5.75 Å². The minimum atomic E-state index is -0.437. The number of aryl methyl sites for hydroxylation is 2. The summed E-state index contributed by atoms with van der Waals surface area (Å²) >= 11 is 0. The third-order valence-corrected chi connectivity index (χ3v) is 6.39. The Morgan fingerprint density at radius 2 is 2.00 bits per heavy atom. The second kappa shape index (κ2) is 8.34. The molecule has 0 aliphatic heterocycles. The molecule has 0 saturated heterocycles. The Balaban J connectivity index is 1.35. The highest BCUT2D eigenvalue weighted by atomic mass is 19.1. The number of fused-ring (bicyclic) bond motifs is 1. The minimum absolute atomic E-state index is 0.0434. The molecule has 3 aromatic rings. The monoisotopic (exact) mass is 431 g/mol. The van der Waals surface area contributed by atoms with E-state index in [0.717, 1.165) is 66.8 Å². The van der Waals surface area contributed by atoms with Crippen molar-refractivity contribution in [1.82, 2.24) is 15.3 Å². The van der Waals surface area contributed by atoms with Gasteiger partial charge in [-0.15, -0.1) is 0 Å². The maximum Gasteiger partial charge on any atom is 0.252 e. The van der Waals surface area contributed by atoms with Gasteiger partial charge in [-0.2, -0.15) is 0 Å². The molecule has 2 heterocycles. The van der Waals surface area contributed by atoms with Crippen molar-refractivity contribution in [2.45, 2.75) is 57.1 Å². The van der Waals surface area contributed by atoms with Crippen molar-refractivity contribution < 1.29 is 13.9 Å². The smallest absolute Gasteiger partial charge is 0.252 e. The molecule has 5 nitrogen and oxygen atoms in total. The van der Waals surface area contributed by atoms with Gasteiger partial charge in [-0.1, -0.05) is 13.0 Å². The number of carbonyl (C=O) groups excluding carboxylic acids is 1. The lowest BCUT2D eigenvalue weighted by molar-refractivity contribution is 0.0929. The van der Waals surface area contributed by atoms with E-state index < -0.39 is 5.54 Å². The van der Waals surface area contributed by atoms with Gasteiger partial charge in [0.1, 0.15) is 17.7 Å². The van der Waals surface area contributed by atoms with Crippen LogP contribution in [0.2, 0.25) is 0 Å². The fraction of sp³-hybridized carbons (Fsp3) is 0.346. The van der Waals surface area contributed by atoms with Crippen molar-refractivity contribution in [3.05, 3.63) is 88.8 Å². The summed E-state index contributed by atoms with van der Waals surface area (Å²) in [7, 11) is 0. The summed E-state index contributed by atoms with van der Waals surface area (Å²) in [5.41, 5.74) is 4.21. The summed E-state index contributed by atoms with van der Waals surface area (Å²) in [6.07, 6.45) is 9.05. The number of carbonyl (C=O) groups is 1. The van der Waals surface area contributed by atoms with Gasteiger partial charge in [-0.05, 0) is 80.5 Å². The highest BCUT2D eigenvalue weighted by Gasteiger charge is 2.47. The van der Waals surface area contributed by atoms with Crippen LogP contribution >= 0.6 is 0 Å². The summed E-state index contributed by atoms with van der Waals surface area (Å²) in [6.45, 7) is 2.10. The number of hydrogen-bond acceptors (Lipinski definition) is 4. The second-order valence-electron chi connectivity index (χ2n) is 8.66. The van der Waals surface area contributed by atoms with Crippen LogP contribution in [0.5, 0.6) is 5.75 Å². The molecule has 0 bridgehead atoms. The van der Waals surface area contributed by atoms with Crippen molar-refractivity contribution in [1.29, 1.82) is 0 Å². The summed E-state index contributed by atoms with van der Waals surface area (Å²) in [4.78, 5) is 21.9. The van der Waals surface area contributed by atoms with Gasteiger partial charge in [0.25, 0.3) is 5.91 Å². The zero-order valence-electron chi connectivity index (χ0n) is 18.1. The molecule has 1 N–H and O–H groups in total. The Morgan fingerprint density at radius 3 is 2.75 bits per heavy atom. The van der Waals surface area contributed by atoms with Crippen LogP contribution < -0.4 is 10.1 Å². The Bertz CT molecular complexity index is 1140. The first-order chi connectivity index (χ1) is 15.6. The first-order valence-corrected chi connectivity index (χ1v) is 11.3. The summed E-state index contributed by atoms with van der Waals surface area (Å²) in [5.74, 6) is 0.232. The van der Waals surface area contributed by atoms with Crippen LogP contribution in [0, 0.1) is 5.82 Å². The lowest BCUT2D eigenvalue weighted by Crippen LogP contribution is -2.36. The van der Waals surface area contributed by atoms with Crippen LogP contribution in [0.25, 0.3) is 0 Å². The number of ether oxygens (including phenoxy) is 1. The highest BCUT2D eigenvalue weighted by molar-refractivity contribution is 5.95. The molecule has 1 unspecified atom stereocenters. The molecular formula is C26H26FN3O2. The number of nitrogens with zero attached hydrogens (tertiary/aromatic N) is 2. The quantitative estimate of drug-likeness (QED) is 0.593. The van der Waals surface area contributed by atoms with E-state index in [4.69, 9.17) is 9.72 Å². The molecule has 6 heteroatoms. The molecule has 2 aromatic heterocycles. The van der Waals surface area contributed by atoms with Gasteiger partial charge in [0.05, 0.1) is 17.4 Å². The number of aromatic nitrogens is 2. The molecular weight excluding hydrogens is 405 g/mol. The number of benzene rings is 1. The van der Waals surface area contributed by atoms with Crippen LogP contribution in [-0.4, -0.2) is 15.9 Å². The van der Waals surface area contributed by atoms with Gasteiger partial charge >= 0.3 is 0 Å². The lowest BCUT2D eigenvalue weighted by atomic mass is 9.92. The summed E-state index contributed by atoms with van der Waals surface area (Å²) in [5, 5.41) is 3.13. The third kappa shape index (κ3) is 4.09. The Morgan fingerprint density at radius 1 is 1.19 bits per heavy atom. The van der Waals surface area contributed by atoms with Crippen molar-refractivity contribution >= 4 is 5.91 Å². The van der Waals surface area contributed by atoms with Crippen LogP contribution in [-0.2, 0) is 18.4 Å². The first kappa shape index (κ1) is 20.6. The second-order valence-corrected chi connectivity index (χ2v) is 8.66. The Labute approximate surface area is 187 Å². The minimum Gasteiger partial charge on any atom is -0.484 e. The average Bonchev–Trinajstić information content (AvgIpc) is 3.60. The van der Waals surface area contributed by atoms with Crippen LogP contribution in [0.15, 0.2) is 54.9 Å². The molecule has 1 atom stereocenters. The average molecular weight is 432 g/mol. The first-order valence-electron chi connectivity index (χ1n) is 11.3. The normalized spacial score (nSPS) is 18.5. The van der Waals surface area contributed by atoms with Crippen molar-refractivity contribution in [2.24, 2.45) is 0 Å². The van der Waals surface area contributed by atoms with Gasteiger partial charge in [-0.3, -0.25) is 14.8 Å². The topological polar surface area (TPSA) is 64.1 Å². The number of hydrogen-bond donors (Lipinski definition) is 1. The molecule has 1 fully saturated rings. The molecule has 2 aliphatic carbocycles. The zero-order valence-corrected chi connectivity index (χ0v) is 18.1. The molecule has 0 radical (unpaired) electrons. The van der Waals surface area contributed by atoms with E-state index in [-0.39, 0.29) is 17.8 Å². The standard InChI is InChI=1S/C26H26FN3O2/c1-2-17-14-20(16-28-15-17)32-23-5-3-4-22-21(23)10-11-24(29-22)26(12-13-26)30-25(31)18-6-8-19(27)9-7-18/h6-11,14-16,23H,2-5,12-13H2,1H3,(H,30,31). The van der Waals surface area contributed by atoms with Gasteiger partial charge in [0.2, 0.25) is 0 Å². The number of amides is 1. The SMILES string of the molecule is CCc1cncc(OC2CCCc3nc(C4(NC(=O)c5ccc(F)cc5)CC4)ccc32)c1. The molecule has 1 saturated carbocycles. The van der Waals surface area contributed by atoms with Crippen molar-refractivity contribution in [3.63, 3.8) is 0 Å². The van der Waals surface area contributed by atoms with E-state index in [0.29, 0.717) is 5.56 Å². The van der Waals surface area contributed by atoms with E-state index in [1.807, 2.05) is 18.3 Å². The van der Waals surface area contributed by atoms with E-state index in [9.17, 15) is 9.18 Å². The predicted octanol–water partition coefficient (Wildman–Crippen LogP) is 5.05. The van der Waals surface area contributed by atoms with Crippen LogP contribution in [0.4, 0.5) is 4.39 Å². The van der Waals surface area contributed by atoms with Crippen LogP contribution in [0.3, 0.4) is 0 Å². The number of halogens is 1. The number of nitrogens with one attached hydrogen (secondary N) is 1. The molecule has 164 valence electrons. The largest absolute Gasteiger partial charge is 0.484 e.